The monoisotopic (exact) mass is 307 g/mol. The molecule has 0 aliphatic rings. The molecule has 0 aliphatic carbocycles. The predicted octanol–water partition coefficient (Wildman–Crippen LogP) is 1.85. The molecular formula is C7H5ClF3NO3S2. The van der Waals surface area contributed by atoms with Crippen LogP contribution in [0.15, 0.2) is 16.3 Å². The maximum absolute atomic E-state index is 11.8. The highest BCUT2D eigenvalue weighted by atomic mass is 35.7. The van der Waals surface area contributed by atoms with Crippen LogP contribution in [-0.2, 0) is 20.4 Å². The summed E-state index contributed by atoms with van der Waals surface area (Å²) in [7, 11) is 1.13. The number of nitrogens with one attached hydrogen (secondary N) is 1. The molecule has 96 valence electrons. The van der Waals surface area contributed by atoms with E-state index in [1.54, 1.807) is 5.32 Å². The fraction of sp³-hybridized carbons (Fsp3) is 0.286. The Hall–Kier alpha value is -0.800. The largest absolute Gasteiger partial charge is 0.471 e. The number of halogens is 4. The first-order valence-electron chi connectivity index (χ1n) is 3.99. The summed E-state index contributed by atoms with van der Waals surface area (Å²) in [6.45, 7) is -0.407. The van der Waals surface area contributed by atoms with Gasteiger partial charge in [0, 0.05) is 15.6 Å². The lowest BCUT2D eigenvalue weighted by Gasteiger charge is -2.05. The average Bonchev–Trinajstić information content (AvgIpc) is 2.59. The van der Waals surface area contributed by atoms with Gasteiger partial charge in [-0.15, -0.1) is 11.3 Å². The molecule has 1 aromatic heterocycles. The van der Waals surface area contributed by atoms with Crippen molar-refractivity contribution < 1.29 is 26.4 Å². The highest BCUT2D eigenvalue weighted by Crippen LogP contribution is 2.24. The van der Waals surface area contributed by atoms with Crippen molar-refractivity contribution in [2.75, 3.05) is 0 Å². The van der Waals surface area contributed by atoms with Crippen LogP contribution < -0.4 is 5.32 Å². The highest BCUT2D eigenvalue weighted by molar-refractivity contribution is 8.15. The molecule has 0 fully saturated rings. The van der Waals surface area contributed by atoms with Gasteiger partial charge in [-0.3, -0.25) is 4.79 Å². The molecule has 17 heavy (non-hydrogen) atoms. The van der Waals surface area contributed by atoms with Crippen LogP contribution in [0, 0.1) is 0 Å². The maximum atomic E-state index is 11.8. The maximum Gasteiger partial charge on any atom is 0.471 e. The van der Waals surface area contributed by atoms with Gasteiger partial charge in [-0.25, -0.2) is 8.42 Å². The molecule has 1 N–H and O–H groups in total. The summed E-state index contributed by atoms with van der Waals surface area (Å²) in [5.74, 6) is -2.08. The molecule has 4 nitrogen and oxygen atoms in total. The number of carbonyl (C=O) groups is 1. The minimum atomic E-state index is -4.96. The van der Waals surface area contributed by atoms with Gasteiger partial charge in [0.2, 0.25) is 0 Å². The average molecular weight is 308 g/mol. The van der Waals surface area contributed by atoms with Crippen molar-refractivity contribution in [1.29, 1.82) is 0 Å². The first kappa shape index (κ1) is 14.3. The summed E-state index contributed by atoms with van der Waals surface area (Å²) in [6.07, 6.45) is -4.96. The van der Waals surface area contributed by atoms with Crippen LogP contribution >= 0.6 is 22.0 Å². The summed E-state index contributed by atoms with van der Waals surface area (Å²) in [4.78, 5) is 10.7. The van der Waals surface area contributed by atoms with E-state index in [9.17, 15) is 26.4 Å². The Morgan fingerprint density at radius 2 is 2.00 bits per heavy atom. The summed E-state index contributed by atoms with van der Waals surface area (Å²) in [5.41, 5.74) is 0. The number of amides is 1. The Morgan fingerprint density at radius 1 is 1.41 bits per heavy atom. The third-order valence-corrected chi connectivity index (χ3v) is 4.74. The van der Waals surface area contributed by atoms with Crippen LogP contribution in [0.4, 0.5) is 13.2 Å². The number of carbonyl (C=O) groups excluding carboxylic acids is 1. The van der Waals surface area contributed by atoms with Crippen molar-refractivity contribution in [3.63, 3.8) is 0 Å². The van der Waals surface area contributed by atoms with Crippen LogP contribution in [0.1, 0.15) is 4.88 Å². The van der Waals surface area contributed by atoms with E-state index < -0.39 is 27.7 Å². The second-order valence-corrected chi connectivity index (χ2v) is 6.80. The fourth-order valence-corrected chi connectivity index (χ4v) is 2.91. The minimum absolute atomic E-state index is 0.185. The smallest absolute Gasteiger partial charge is 0.343 e. The second-order valence-electron chi connectivity index (χ2n) is 2.84. The van der Waals surface area contributed by atoms with E-state index in [1.807, 2.05) is 0 Å². The van der Waals surface area contributed by atoms with E-state index in [0.29, 0.717) is 11.3 Å². The lowest BCUT2D eigenvalue weighted by atomic mass is 10.4. The number of alkyl halides is 3. The van der Waals surface area contributed by atoms with Gasteiger partial charge in [-0.05, 0) is 12.1 Å². The zero-order valence-corrected chi connectivity index (χ0v) is 10.3. The van der Waals surface area contributed by atoms with Gasteiger partial charge in [0.1, 0.15) is 4.21 Å². The van der Waals surface area contributed by atoms with Crippen LogP contribution in [-0.4, -0.2) is 20.5 Å². The highest BCUT2D eigenvalue weighted by Gasteiger charge is 2.38. The Balaban J connectivity index is 2.66. The third-order valence-electron chi connectivity index (χ3n) is 1.56. The van der Waals surface area contributed by atoms with Crippen molar-refractivity contribution in [3.8, 4) is 0 Å². The van der Waals surface area contributed by atoms with Crippen molar-refractivity contribution in [2.45, 2.75) is 16.9 Å². The molecule has 1 rings (SSSR count). The third kappa shape index (κ3) is 4.17. The summed E-state index contributed by atoms with van der Waals surface area (Å²) in [6, 6.07) is 2.43. The van der Waals surface area contributed by atoms with Crippen molar-refractivity contribution in [3.05, 3.63) is 17.0 Å². The minimum Gasteiger partial charge on any atom is -0.343 e. The molecule has 0 aromatic carbocycles. The zero-order valence-electron chi connectivity index (χ0n) is 7.91. The summed E-state index contributed by atoms with van der Waals surface area (Å²) >= 11 is 0.690. The van der Waals surface area contributed by atoms with Gasteiger partial charge in [-0.1, -0.05) is 0 Å². The van der Waals surface area contributed by atoms with Gasteiger partial charge < -0.3 is 5.32 Å². The molecule has 1 aromatic rings. The molecular weight excluding hydrogens is 303 g/mol. The zero-order chi connectivity index (χ0) is 13.3. The first-order chi connectivity index (χ1) is 7.60. The Labute approximate surface area is 103 Å². The number of thiophene rings is 1. The second kappa shape index (κ2) is 4.83. The standard InChI is InChI=1S/C7H5ClF3NO3S2/c8-17(14,15)5-2-1-4(16-5)3-12-6(13)7(9,10)11/h1-2H,3H2,(H,12,13). The van der Waals surface area contributed by atoms with E-state index in [4.69, 9.17) is 10.7 Å². The molecule has 10 heteroatoms. The van der Waals surface area contributed by atoms with Gasteiger partial charge in [0.05, 0.1) is 6.54 Å². The molecule has 0 aliphatic heterocycles. The molecule has 0 atom stereocenters. The van der Waals surface area contributed by atoms with E-state index in [-0.39, 0.29) is 9.09 Å². The number of rotatable bonds is 3. The van der Waals surface area contributed by atoms with Crippen molar-refractivity contribution >= 4 is 37.0 Å². The predicted molar refractivity (Wildman–Crippen MR) is 55.3 cm³/mol. The summed E-state index contributed by atoms with van der Waals surface area (Å²) < 4.78 is 57.0. The van der Waals surface area contributed by atoms with Crippen LogP contribution in [0.3, 0.4) is 0 Å². The van der Waals surface area contributed by atoms with E-state index in [0.717, 1.165) is 6.07 Å². The quantitative estimate of drug-likeness (QED) is 0.867. The SMILES string of the molecule is O=C(NCc1ccc(S(=O)(=O)Cl)s1)C(F)(F)F. The molecule has 0 unspecified atom stereocenters. The van der Waals surface area contributed by atoms with Crippen LogP contribution in [0.2, 0.25) is 0 Å². The van der Waals surface area contributed by atoms with Gasteiger partial charge in [0.15, 0.2) is 0 Å². The molecule has 1 amide bonds. The normalized spacial score (nSPS) is 12.5. The van der Waals surface area contributed by atoms with Crippen LogP contribution in [0.5, 0.6) is 0 Å². The van der Waals surface area contributed by atoms with Gasteiger partial charge >= 0.3 is 12.1 Å². The van der Waals surface area contributed by atoms with Gasteiger partial charge in [0.25, 0.3) is 9.05 Å². The number of hydrogen-bond donors (Lipinski definition) is 1. The lowest BCUT2D eigenvalue weighted by molar-refractivity contribution is -0.173. The van der Waals surface area contributed by atoms with Crippen LogP contribution in [0.25, 0.3) is 0 Å². The molecule has 1 heterocycles. The Kier molecular flexibility index (Phi) is 4.05. The van der Waals surface area contributed by atoms with E-state index in [2.05, 4.69) is 0 Å². The molecule has 0 saturated heterocycles. The number of hydrogen-bond acceptors (Lipinski definition) is 4. The molecule has 0 bridgehead atoms. The van der Waals surface area contributed by atoms with Gasteiger partial charge in [-0.2, -0.15) is 13.2 Å². The summed E-state index contributed by atoms with van der Waals surface area (Å²) in [5, 5.41) is 1.61. The lowest BCUT2D eigenvalue weighted by Crippen LogP contribution is -2.36. The first-order valence-corrected chi connectivity index (χ1v) is 7.11. The van der Waals surface area contributed by atoms with E-state index >= 15 is 0 Å². The van der Waals surface area contributed by atoms with E-state index in [1.165, 1.54) is 6.07 Å². The van der Waals surface area contributed by atoms with Crippen molar-refractivity contribution in [2.24, 2.45) is 0 Å². The Morgan fingerprint density at radius 3 is 2.41 bits per heavy atom. The van der Waals surface area contributed by atoms with Crippen molar-refractivity contribution in [1.82, 2.24) is 5.32 Å². The Bertz CT molecular complexity index is 523. The fourth-order valence-electron chi connectivity index (χ4n) is 0.852. The topological polar surface area (TPSA) is 63.2 Å². The molecule has 0 radical (unpaired) electrons. The molecule has 0 saturated carbocycles. The molecule has 0 spiro atoms.